The maximum atomic E-state index is 5.60. The molecular weight excluding hydrogens is 250 g/mol. The Hall–Kier alpha value is -0.900. The van der Waals surface area contributed by atoms with Gasteiger partial charge >= 0.3 is 0 Å². The molecule has 0 saturated carbocycles. The molecule has 1 N–H and O–H groups in total. The van der Waals surface area contributed by atoms with Crippen molar-refractivity contribution in [1.82, 2.24) is 5.32 Å². The highest BCUT2D eigenvalue weighted by molar-refractivity contribution is 5.24. The first kappa shape index (κ1) is 17.2. The van der Waals surface area contributed by atoms with Crippen LogP contribution >= 0.6 is 0 Å². The number of methoxy groups -OCH3 is 1. The third-order valence-corrected chi connectivity index (χ3v) is 3.41. The Labute approximate surface area is 123 Å². The van der Waals surface area contributed by atoms with E-state index in [1.54, 1.807) is 7.11 Å². The fourth-order valence-corrected chi connectivity index (χ4v) is 2.15. The highest BCUT2D eigenvalue weighted by atomic mass is 16.5. The van der Waals surface area contributed by atoms with E-state index in [4.69, 9.17) is 9.47 Å². The van der Waals surface area contributed by atoms with E-state index in [9.17, 15) is 0 Å². The summed E-state index contributed by atoms with van der Waals surface area (Å²) in [6, 6.07) is 8.85. The second kappa shape index (κ2) is 10.8. The van der Waals surface area contributed by atoms with Crippen LogP contribution in [0.5, 0.6) is 0 Å². The molecular formula is C17H29NO2. The van der Waals surface area contributed by atoms with Crippen molar-refractivity contribution >= 4 is 0 Å². The van der Waals surface area contributed by atoms with Crippen LogP contribution in [0.25, 0.3) is 0 Å². The van der Waals surface area contributed by atoms with Crippen LogP contribution in [-0.2, 0) is 9.47 Å². The van der Waals surface area contributed by atoms with Gasteiger partial charge in [0.05, 0.1) is 13.2 Å². The SMILES string of the molecule is CCCNCC(CCOCCOC)c1ccc(C)cc1. The minimum atomic E-state index is 0.518. The average molecular weight is 279 g/mol. The Kier molecular flexibility index (Phi) is 9.29. The molecule has 1 atom stereocenters. The number of nitrogens with one attached hydrogen (secondary N) is 1. The summed E-state index contributed by atoms with van der Waals surface area (Å²) in [7, 11) is 1.70. The first-order chi connectivity index (χ1) is 9.77. The second-order valence-electron chi connectivity index (χ2n) is 5.21. The predicted octanol–water partition coefficient (Wildman–Crippen LogP) is 3.13. The minimum absolute atomic E-state index is 0.518. The summed E-state index contributed by atoms with van der Waals surface area (Å²) < 4.78 is 10.6. The van der Waals surface area contributed by atoms with Gasteiger partial charge in [-0.3, -0.25) is 0 Å². The number of rotatable bonds is 11. The zero-order chi connectivity index (χ0) is 14.6. The van der Waals surface area contributed by atoms with Crippen LogP contribution in [0.15, 0.2) is 24.3 Å². The molecule has 1 unspecified atom stereocenters. The van der Waals surface area contributed by atoms with E-state index in [-0.39, 0.29) is 0 Å². The number of hydrogen-bond acceptors (Lipinski definition) is 3. The van der Waals surface area contributed by atoms with E-state index in [2.05, 4.69) is 43.4 Å². The van der Waals surface area contributed by atoms with Crippen LogP contribution in [0.2, 0.25) is 0 Å². The van der Waals surface area contributed by atoms with Gasteiger partial charge in [-0.1, -0.05) is 36.8 Å². The molecule has 0 aliphatic rings. The minimum Gasteiger partial charge on any atom is -0.382 e. The standard InChI is InChI=1S/C17H29NO2/c1-4-10-18-14-17(9-11-20-13-12-19-3)16-7-5-15(2)6-8-16/h5-8,17-18H,4,9-14H2,1-3H3. The Morgan fingerprint density at radius 3 is 2.50 bits per heavy atom. The van der Waals surface area contributed by atoms with Crippen molar-refractivity contribution in [2.75, 3.05) is 40.0 Å². The van der Waals surface area contributed by atoms with Crippen molar-refractivity contribution in [3.63, 3.8) is 0 Å². The molecule has 0 fully saturated rings. The third-order valence-electron chi connectivity index (χ3n) is 3.41. The molecule has 0 aliphatic carbocycles. The Morgan fingerprint density at radius 2 is 1.85 bits per heavy atom. The van der Waals surface area contributed by atoms with Gasteiger partial charge in [-0.25, -0.2) is 0 Å². The summed E-state index contributed by atoms with van der Waals surface area (Å²) in [5.74, 6) is 0.518. The van der Waals surface area contributed by atoms with Crippen molar-refractivity contribution in [3.05, 3.63) is 35.4 Å². The number of aryl methyl sites for hydroxylation is 1. The fraction of sp³-hybridized carbons (Fsp3) is 0.647. The Bertz CT molecular complexity index is 337. The van der Waals surface area contributed by atoms with Gasteiger partial charge in [0.1, 0.15) is 0 Å². The lowest BCUT2D eigenvalue weighted by Crippen LogP contribution is -2.23. The highest BCUT2D eigenvalue weighted by Crippen LogP contribution is 2.19. The molecule has 0 amide bonds. The molecule has 3 heteroatoms. The quantitative estimate of drug-likeness (QED) is 0.631. The largest absolute Gasteiger partial charge is 0.382 e. The summed E-state index contributed by atoms with van der Waals surface area (Å²) in [6.07, 6.45) is 2.22. The van der Waals surface area contributed by atoms with Crippen LogP contribution in [0, 0.1) is 6.92 Å². The van der Waals surface area contributed by atoms with Gasteiger partial charge in [0.15, 0.2) is 0 Å². The lowest BCUT2D eigenvalue weighted by molar-refractivity contribution is 0.0670. The molecule has 1 aromatic carbocycles. The van der Waals surface area contributed by atoms with Gasteiger partial charge in [-0.05, 0) is 37.8 Å². The smallest absolute Gasteiger partial charge is 0.0700 e. The van der Waals surface area contributed by atoms with Gasteiger partial charge in [0.2, 0.25) is 0 Å². The molecule has 20 heavy (non-hydrogen) atoms. The first-order valence-corrected chi connectivity index (χ1v) is 7.62. The normalized spacial score (nSPS) is 12.6. The van der Waals surface area contributed by atoms with Crippen LogP contribution < -0.4 is 5.32 Å². The van der Waals surface area contributed by atoms with Crippen LogP contribution in [0.3, 0.4) is 0 Å². The summed E-state index contributed by atoms with van der Waals surface area (Å²) in [6.45, 7) is 8.56. The lowest BCUT2D eigenvalue weighted by Gasteiger charge is -2.18. The monoisotopic (exact) mass is 279 g/mol. The molecule has 1 rings (SSSR count). The fourth-order valence-electron chi connectivity index (χ4n) is 2.15. The van der Waals surface area contributed by atoms with E-state index in [0.717, 1.165) is 26.1 Å². The van der Waals surface area contributed by atoms with Gasteiger partial charge < -0.3 is 14.8 Å². The summed E-state index contributed by atoms with van der Waals surface area (Å²) >= 11 is 0. The van der Waals surface area contributed by atoms with E-state index in [0.29, 0.717) is 19.1 Å². The zero-order valence-corrected chi connectivity index (χ0v) is 13.2. The molecule has 0 aromatic heterocycles. The van der Waals surface area contributed by atoms with Crippen LogP contribution in [-0.4, -0.2) is 40.0 Å². The van der Waals surface area contributed by atoms with Crippen molar-refractivity contribution in [2.24, 2.45) is 0 Å². The topological polar surface area (TPSA) is 30.5 Å². The highest BCUT2D eigenvalue weighted by Gasteiger charge is 2.11. The molecule has 0 radical (unpaired) electrons. The van der Waals surface area contributed by atoms with Crippen molar-refractivity contribution in [1.29, 1.82) is 0 Å². The Morgan fingerprint density at radius 1 is 1.10 bits per heavy atom. The zero-order valence-electron chi connectivity index (χ0n) is 13.2. The summed E-state index contributed by atoms with van der Waals surface area (Å²) in [5.41, 5.74) is 2.71. The van der Waals surface area contributed by atoms with Crippen LogP contribution in [0.1, 0.15) is 36.8 Å². The molecule has 0 bridgehead atoms. The molecule has 0 heterocycles. The van der Waals surface area contributed by atoms with E-state index >= 15 is 0 Å². The molecule has 3 nitrogen and oxygen atoms in total. The van der Waals surface area contributed by atoms with E-state index in [1.807, 2.05) is 0 Å². The maximum Gasteiger partial charge on any atom is 0.0700 e. The number of ether oxygens (including phenoxy) is 2. The molecule has 0 aliphatic heterocycles. The molecule has 0 spiro atoms. The van der Waals surface area contributed by atoms with E-state index in [1.165, 1.54) is 17.5 Å². The predicted molar refractivity (Wildman–Crippen MR) is 84.4 cm³/mol. The maximum absolute atomic E-state index is 5.60. The number of benzene rings is 1. The first-order valence-electron chi connectivity index (χ1n) is 7.62. The third kappa shape index (κ3) is 7.04. The summed E-state index contributed by atoms with van der Waals surface area (Å²) in [4.78, 5) is 0. The second-order valence-corrected chi connectivity index (χ2v) is 5.21. The molecule has 114 valence electrons. The molecule has 0 saturated heterocycles. The van der Waals surface area contributed by atoms with E-state index < -0.39 is 0 Å². The van der Waals surface area contributed by atoms with Crippen LogP contribution in [0.4, 0.5) is 0 Å². The van der Waals surface area contributed by atoms with Gasteiger partial charge in [0, 0.05) is 20.3 Å². The van der Waals surface area contributed by atoms with Gasteiger partial charge in [-0.15, -0.1) is 0 Å². The van der Waals surface area contributed by atoms with Gasteiger partial charge in [-0.2, -0.15) is 0 Å². The average Bonchev–Trinajstić information content (AvgIpc) is 2.46. The lowest BCUT2D eigenvalue weighted by atomic mass is 9.95. The number of hydrogen-bond donors (Lipinski definition) is 1. The van der Waals surface area contributed by atoms with Gasteiger partial charge in [0.25, 0.3) is 0 Å². The van der Waals surface area contributed by atoms with Crippen molar-refractivity contribution < 1.29 is 9.47 Å². The summed E-state index contributed by atoms with van der Waals surface area (Å²) in [5, 5.41) is 3.52. The van der Waals surface area contributed by atoms with Crippen molar-refractivity contribution in [2.45, 2.75) is 32.6 Å². The molecule has 1 aromatic rings. The van der Waals surface area contributed by atoms with Crippen molar-refractivity contribution in [3.8, 4) is 0 Å². The Balaban J connectivity index is 2.44.